The highest BCUT2D eigenvalue weighted by Crippen LogP contribution is 2.35. The van der Waals surface area contributed by atoms with Crippen molar-refractivity contribution in [1.82, 2.24) is 25.6 Å². The number of alkyl halides is 3. The minimum atomic E-state index is -4.86. The average molecular weight is 841 g/mol. The Balaban J connectivity index is 0.000000215. The van der Waals surface area contributed by atoms with Crippen LogP contribution in [0.1, 0.15) is 21.8 Å². The van der Waals surface area contributed by atoms with Crippen molar-refractivity contribution >= 4 is 46.5 Å². The molecule has 0 bridgehead atoms. The van der Waals surface area contributed by atoms with E-state index in [1.54, 1.807) is 60.8 Å². The third-order valence-electron chi connectivity index (χ3n) is 9.44. The fraction of sp³-hybridized carbons (Fsp3) is 0.190. The van der Waals surface area contributed by atoms with Crippen LogP contribution in [-0.2, 0) is 12.6 Å². The number of benzene rings is 3. The van der Waals surface area contributed by atoms with Crippen LogP contribution < -0.4 is 36.8 Å². The highest BCUT2D eigenvalue weighted by Gasteiger charge is 2.41. The Morgan fingerprint density at radius 2 is 1.20 bits per heavy atom. The molecule has 8 rings (SSSR count). The van der Waals surface area contributed by atoms with Gasteiger partial charge in [-0.25, -0.2) is 33.3 Å². The number of ketones is 1. The van der Waals surface area contributed by atoms with Crippen LogP contribution >= 0.6 is 0 Å². The average Bonchev–Trinajstić information content (AvgIpc) is 3.68. The lowest BCUT2D eigenvalue weighted by molar-refractivity contribution is -0.141. The molecule has 2 fully saturated rings. The van der Waals surface area contributed by atoms with Gasteiger partial charge in [-0.15, -0.1) is 0 Å². The second-order valence-corrected chi connectivity index (χ2v) is 14.0. The number of amides is 4. The van der Waals surface area contributed by atoms with Gasteiger partial charge < -0.3 is 41.2 Å². The molecule has 0 saturated carbocycles. The van der Waals surface area contributed by atoms with Gasteiger partial charge in [-0.1, -0.05) is 48.5 Å². The second kappa shape index (κ2) is 18.1. The number of urea groups is 2. The van der Waals surface area contributed by atoms with E-state index in [-0.39, 0.29) is 35.8 Å². The molecule has 14 nitrogen and oxygen atoms in total. The Kier molecular flexibility index (Phi) is 12.4. The van der Waals surface area contributed by atoms with Crippen LogP contribution in [0.2, 0.25) is 0 Å². The summed E-state index contributed by atoms with van der Waals surface area (Å²) in [5.74, 6) is -1.62. The van der Waals surface area contributed by atoms with Crippen LogP contribution in [0.4, 0.5) is 60.2 Å². The van der Waals surface area contributed by atoms with Gasteiger partial charge in [-0.2, -0.15) is 13.2 Å². The van der Waals surface area contributed by atoms with Gasteiger partial charge in [0.15, 0.2) is 5.69 Å². The van der Waals surface area contributed by atoms with Crippen molar-refractivity contribution in [3.8, 4) is 11.5 Å². The van der Waals surface area contributed by atoms with Gasteiger partial charge in [0.1, 0.15) is 23.3 Å². The van der Waals surface area contributed by atoms with Gasteiger partial charge in [0.25, 0.3) is 0 Å². The summed E-state index contributed by atoms with van der Waals surface area (Å²) in [6.45, 7) is 2.21. The van der Waals surface area contributed by atoms with E-state index in [2.05, 4.69) is 36.2 Å². The molecular formula is C42H37F5N10O4. The summed E-state index contributed by atoms with van der Waals surface area (Å²) >= 11 is 0. The number of halogens is 5. The lowest BCUT2D eigenvalue weighted by Crippen LogP contribution is -2.60. The summed E-state index contributed by atoms with van der Waals surface area (Å²) in [7, 11) is 0. The number of anilines is 5. The molecule has 0 spiro atoms. The number of aromatic nitrogens is 3. The molecule has 6 N–H and O–H groups in total. The summed E-state index contributed by atoms with van der Waals surface area (Å²) in [6, 6.07) is 25.6. The summed E-state index contributed by atoms with van der Waals surface area (Å²) in [6.07, 6.45) is -2.22. The zero-order valence-corrected chi connectivity index (χ0v) is 32.0. The molecule has 4 amide bonds. The molecule has 0 radical (unpaired) electrons. The summed E-state index contributed by atoms with van der Waals surface area (Å²) in [4.78, 5) is 52.6. The maximum absolute atomic E-state index is 13.7. The van der Waals surface area contributed by atoms with Crippen molar-refractivity contribution in [2.24, 2.45) is 0 Å². The van der Waals surface area contributed by atoms with Crippen molar-refractivity contribution < 1.29 is 40.8 Å². The van der Waals surface area contributed by atoms with Crippen LogP contribution in [0.15, 0.2) is 120 Å². The Bertz CT molecular complexity index is 2480. The van der Waals surface area contributed by atoms with E-state index in [1.165, 1.54) is 48.7 Å². The molecular weight excluding hydrogens is 804 g/mol. The quantitative estimate of drug-likeness (QED) is 0.0702. The normalized spacial score (nSPS) is 13.9. The first-order valence-corrected chi connectivity index (χ1v) is 18.8. The number of nitrogen functional groups attached to an aromatic ring is 1. The maximum atomic E-state index is 13.7. The second-order valence-electron chi connectivity index (χ2n) is 14.0. The third-order valence-corrected chi connectivity index (χ3v) is 9.44. The fourth-order valence-electron chi connectivity index (χ4n) is 6.29. The first-order valence-electron chi connectivity index (χ1n) is 18.8. The molecule has 61 heavy (non-hydrogen) atoms. The highest BCUT2D eigenvalue weighted by molar-refractivity contribution is 5.96. The van der Waals surface area contributed by atoms with Crippen molar-refractivity contribution in [2.75, 3.05) is 52.3 Å². The fourth-order valence-corrected chi connectivity index (χ4v) is 6.29. The van der Waals surface area contributed by atoms with Crippen LogP contribution in [0.5, 0.6) is 0 Å². The van der Waals surface area contributed by atoms with Crippen molar-refractivity contribution in [3.63, 3.8) is 0 Å². The zero-order chi connectivity index (χ0) is 43.1. The van der Waals surface area contributed by atoms with Crippen molar-refractivity contribution in [3.05, 3.63) is 144 Å². The molecule has 2 saturated heterocycles. The number of nitrogens with zero attached hydrogens (tertiary/aromatic N) is 5. The molecule has 0 aliphatic carbocycles. The van der Waals surface area contributed by atoms with Crippen LogP contribution in [-0.4, -0.2) is 71.1 Å². The van der Waals surface area contributed by atoms with E-state index in [0.717, 1.165) is 5.82 Å². The predicted octanol–water partition coefficient (Wildman–Crippen LogP) is 7.14. The number of rotatable bonds is 10. The summed E-state index contributed by atoms with van der Waals surface area (Å²) in [5.41, 5.74) is 5.79. The number of carbonyl (C=O) groups excluding carboxylic acids is 3. The number of carbonyl (C=O) groups is 3. The molecule has 3 aromatic heterocycles. The third kappa shape index (κ3) is 10.5. The maximum Gasteiger partial charge on any atom is 0.437 e. The molecule has 2 aliphatic rings. The van der Waals surface area contributed by atoms with E-state index in [0.29, 0.717) is 48.8 Å². The topological polar surface area (TPSA) is 184 Å². The number of pyridine rings is 2. The molecule has 19 heteroatoms. The van der Waals surface area contributed by atoms with E-state index >= 15 is 0 Å². The molecule has 3 aromatic carbocycles. The van der Waals surface area contributed by atoms with Gasteiger partial charge in [0.05, 0.1) is 35.3 Å². The number of nitrogens with two attached hydrogens (primary N) is 1. The number of hydrogen-bond acceptors (Lipinski definition) is 10. The van der Waals surface area contributed by atoms with Gasteiger partial charge in [0, 0.05) is 44.4 Å². The van der Waals surface area contributed by atoms with Crippen molar-refractivity contribution in [1.29, 1.82) is 0 Å². The van der Waals surface area contributed by atoms with Gasteiger partial charge in [-0.3, -0.25) is 4.79 Å². The summed E-state index contributed by atoms with van der Waals surface area (Å²) in [5, 5.41) is 10.5. The monoisotopic (exact) mass is 840 g/mol. The minimum Gasteiger partial charge on any atom is -0.432 e. The van der Waals surface area contributed by atoms with Gasteiger partial charge in [0.2, 0.25) is 17.4 Å². The highest BCUT2D eigenvalue weighted by atomic mass is 19.4. The molecule has 314 valence electrons. The molecule has 0 atom stereocenters. The predicted molar refractivity (Wildman–Crippen MR) is 217 cm³/mol. The van der Waals surface area contributed by atoms with E-state index in [9.17, 15) is 36.3 Å². The number of nitrogens with one attached hydrogen (secondary N) is 4. The van der Waals surface area contributed by atoms with Gasteiger partial charge in [-0.05, 0) is 60.2 Å². The first-order chi connectivity index (χ1) is 29.3. The van der Waals surface area contributed by atoms with E-state index in [1.807, 2.05) is 15.9 Å². The number of para-hydroxylation sites is 2. The first kappa shape index (κ1) is 41.6. The molecule has 6 aromatic rings. The SMILES string of the molecule is Nc1ccc(N2CC(NC(=O)Nc3ccccc3F)C2)nc1.O=C(Nc1ccccc1F)NC1CN(c2ccc(CC(=O)c3oc(-c4ccccc4)nc3C(F)(F)F)cn2)C1. The molecule has 5 heterocycles. The minimum absolute atomic E-state index is 0.00567. The number of Topliss-reactive ketones (excluding diaryl/α,β-unsaturated/α-hetero) is 1. The van der Waals surface area contributed by atoms with Crippen LogP contribution in [0.3, 0.4) is 0 Å². The number of hydrogen-bond donors (Lipinski definition) is 5. The van der Waals surface area contributed by atoms with Crippen LogP contribution in [0, 0.1) is 11.6 Å². The Labute approximate surface area is 345 Å². The Hall–Kier alpha value is -7.57. The Morgan fingerprint density at radius 3 is 1.67 bits per heavy atom. The molecule has 0 unspecified atom stereocenters. The standard InChI is InChI=1S/C27H21F4N5O3.C15H16FN5O/c28-19-8-4-5-9-20(19)34-26(38)33-18-14-36(15-18)22-11-10-16(13-32-22)12-21(37)23-24(27(29,30)31)35-25(39-23)17-6-2-1-3-7-17;16-12-3-1-2-4-13(12)20-15(22)19-11-8-21(9-11)14-6-5-10(17)7-18-14/h1-11,13,18H,12,14-15H2,(H2,33,34,38);1-7,11H,8-9,17H2,(H2,19,20,22). The van der Waals surface area contributed by atoms with Gasteiger partial charge >= 0.3 is 18.2 Å². The number of oxazole rings is 1. The summed E-state index contributed by atoms with van der Waals surface area (Å²) < 4.78 is 73.1. The Morgan fingerprint density at radius 1 is 0.689 bits per heavy atom. The molecule has 2 aliphatic heterocycles. The lowest BCUT2D eigenvalue weighted by Gasteiger charge is -2.40. The smallest absolute Gasteiger partial charge is 0.432 e. The van der Waals surface area contributed by atoms with Crippen molar-refractivity contribution in [2.45, 2.75) is 24.7 Å². The van der Waals surface area contributed by atoms with E-state index in [4.69, 9.17) is 10.2 Å². The largest absolute Gasteiger partial charge is 0.437 e. The van der Waals surface area contributed by atoms with Crippen LogP contribution in [0.25, 0.3) is 11.5 Å². The lowest BCUT2D eigenvalue weighted by atomic mass is 10.1. The van der Waals surface area contributed by atoms with E-state index < -0.39 is 47.1 Å². The zero-order valence-electron chi connectivity index (χ0n) is 32.0.